The van der Waals surface area contributed by atoms with Gasteiger partial charge in [0.1, 0.15) is 0 Å². The maximum Gasteiger partial charge on any atom is 0.229 e. The van der Waals surface area contributed by atoms with Crippen molar-refractivity contribution in [2.75, 3.05) is 13.6 Å². The van der Waals surface area contributed by atoms with Crippen molar-refractivity contribution in [1.29, 1.82) is 0 Å². The zero-order valence-electron chi connectivity index (χ0n) is 19.5. The Morgan fingerprint density at radius 2 is 1.97 bits per heavy atom. The molecule has 5 nitrogen and oxygen atoms in total. The van der Waals surface area contributed by atoms with Crippen molar-refractivity contribution in [3.8, 4) is 11.3 Å². The molecule has 0 radical (unpaired) electrons. The minimum atomic E-state index is -0.220. The first-order valence-electron chi connectivity index (χ1n) is 10.9. The quantitative estimate of drug-likeness (QED) is 0.519. The van der Waals surface area contributed by atoms with Crippen molar-refractivity contribution in [2.45, 2.75) is 52.5 Å². The lowest BCUT2D eigenvalue weighted by Gasteiger charge is -2.28. The predicted octanol–water partition coefficient (Wildman–Crippen LogP) is 5.35. The molecule has 5 heteroatoms. The number of carbonyl (C=O) groups excluding carboxylic acids is 1. The first-order chi connectivity index (χ1) is 14.7. The van der Waals surface area contributed by atoms with Crippen LogP contribution in [0.25, 0.3) is 22.2 Å². The molecule has 0 fully saturated rings. The number of rotatable bonds is 8. The van der Waals surface area contributed by atoms with E-state index in [9.17, 15) is 4.79 Å². The number of hydrogen-bond acceptors (Lipinski definition) is 3. The third-order valence-corrected chi connectivity index (χ3v) is 6.06. The molecule has 164 valence electrons. The summed E-state index contributed by atoms with van der Waals surface area (Å²) < 4.78 is 0. The molecular weight excluding hydrogens is 384 g/mol. The molecule has 1 aromatic carbocycles. The Bertz CT molecular complexity index is 1080. The minimum Gasteiger partial charge on any atom is -0.389 e. The van der Waals surface area contributed by atoms with Gasteiger partial charge in [-0.05, 0) is 68.3 Å². The number of aryl methyl sites for hydroxylation is 1. The summed E-state index contributed by atoms with van der Waals surface area (Å²) in [6, 6.07) is 10.6. The smallest absolute Gasteiger partial charge is 0.229 e. The highest BCUT2D eigenvalue weighted by Gasteiger charge is 2.24. The average Bonchev–Trinajstić information content (AvgIpc) is 3.15. The third kappa shape index (κ3) is 4.66. The monoisotopic (exact) mass is 418 g/mol. The topological polar surface area (TPSA) is 61.0 Å². The van der Waals surface area contributed by atoms with Gasteiger partial charge < -0.3 is 15.2 Å². The molecular formula is C26H34N4O. The summed E-state index contributed by atoms with van der Waals surface area (Å²) in [5.41, 5.74) is 6.67. The fourth-order valence-corrected chi connectivity index (χ4v) is 4.08. The number of amides is 1. The van der Waals surface area contributed by atoms with Crippen LogP contribution >= 0.6 is 0 Å². The second-order valence-corrected chi connectivity index (χ2v) is 8.69. The molecule has 2 N–H and O–H groups in total. The van der Waals surface area contributed by atoms with E-state index in [0.29, 0.717) is 12.5 Å². The molecule has 31 heavy (non-hydrogen) atoms. The van der Waals surface area contributed by atoms with Crippen molar-refractivity contribution in [3.63, 3.8) is 0 Å². The lowest BCUT2D eigenvalue weighted by molar-refractivity contribution is -0.132. The Kier molecular flexibility index (Phi) is 6.84. The van der Waals surface area contributed by atoms with Gasteiger partial charge in [-0.15, -0.1) is 0 Å². The highest BCUT2D eigenvalue weighted by molar-refractivity contribution is 5.93. The number of aromatic amines is 1. The maximum atomic E-state index is 13.1. The summed E-state index contributed by atoms with van der Waals surface area (Å²) in [5, 5.41) is 4.27. The second-order valence-electron chi connectivity index (χ2n) is 8.69. The van der Waals surface area contributed by atoms with E-state index in [2.05, 4.69) is 60.0 Å². The molecule has 0 saturated carbocycles. The summed E-state index contributed by atoms with van der Waals surface area (Å²) in [6.07, 6.45) is 3.51. The fourth-order valence-electron chi connectivity index (χ4n) is 4.08. The Balaban J connectivity index is 1.99. The van der Waals surface area contributed by atoms with Gasteiger partial charge in [0.15, 0.2) is 0 Å². The van der Waals surface area contributed by atoms with Crippen LogP contribution in [0.15, 0.2) is 49.3 Å². The first kappa shape index (κ1) is 22.6. The predicted molar refractivity (Wildman–Crippen MR) is 129 cm³/mol. The van der Waals surface area contributed by atoms with E-state index in [1.54, 1.807) is 6.20 Å². The average molecular weight is 419 g/mol. The standard InChI is InChI=1S/C26H34N4O/c1-8-27-15-18(5)30(7)26(31)19(6)20-9-10-23-22(14-20)24(16(2)3)25(29-23)21-11-12-28-17(4)13-21/h8-14,16,18-19,27,29H,1,15H2,2-7H3. The summed E-state index contributed by atoms with van der Waals surface area (Å²) in [7, 11) is 1.87. The number of hydrogen-bond donors (Lipinski definition) is 2. The molecule has 0 aliphatic heterocycles. The van der Waals surface area contributed by atoms with Crippen LogP contribution in [0.2, 0.25) is 0 Å². The SMILES string of the molecule is C=CNCC(C)N(C)C(=O)C(C)c1ccc2[nH]c(-c3ccnc(C)c3)c(C(C)C)c2c1. The molecule has 2 unspecified atom stereocenters. The van der Waals surface area contributed by atoms with Gasteiger partial charge in [0.2, 0.25) is 5.91 Å². The van der Waals surface area contributed by atoms with Gasteiger partial charge in [-0.1, -0.05) is 26.5 Å². The van der Waals surface area contributed by atoms with E-state index < -0.39 is 0 Å². The van der Waals surface area contributed by atoms with Gasteiger partial charge in [-0.3, -0.25) is 9.78 Å². The molecule has 2 atom stereocenters. The Morgan fingerprint density at radius 1 is 1.23 bits per heavy atom. The van der Waals surface area contributed by atoms with Crippen LogP contribution in [0, 0.1) is 6.92 Å². The van der Waals surface area contributed by atoms with Crippen LogP contribution in [-0.4, -0.2) is 40.4 Å². The summed E-state index contributed by atoms with van der Waals surface area (Å²) in [6.45, 7) is 14.8. The number of fused-ring (bicyclic) bond motifs is 1. The van der Waals surface area contributed by atoms with Crippen LogP contribution in [0.5, 0.6) is 0 Å². The van der Waals surface area contributed by atoms with E-state index in [4.69, 9.17) is 0 Å². The number of H-pyrrole nitrogens is 1. The van der Waals surface area contributed by atoms with Crippen LogP contribution in [0.1, 0.15) is 56.4 Å². The summed E-state index contributed by atoms with van der Waals surface area (Å²) in [4.78, 5) is 22.9. The van der Waals surface area contributed by atoms with Crippen molar-refractivity contribution >= 4 is 16.8 Å². The van der Waals surface area contributed by atoms with Gasteiger partial charge in [0.05, 0.1) is 11.6 Å². The number of nitrogens with zero attached hydrogens (tertiary/aromatic N) is 2. The molecule has 0 bridgehead atoms. The third-order valence-electron chi connectivity index (χ3n) is 6.06. The largest absolute Gasteiger partial charge is 0.389 e. The lowest BCUT2D eigenvalue weighted by Crippen LogP contribution is -2.42. The molecule has 3 rings (SSSR count). The van der Waals surface area contributed by atoms with Crippen LogP contribution < -0.4 is 5.32 Å². The molecule has 0 saturated heterocycles. The van der Waals surface area contributed by atoms with Crippen molar-refractivity contribution < 1.29 is 4.79 Å². The van der Waals surface area contributed by atoms with E-state index in [-0.39, 0.29) is 17.9 Å². The van der Waals surface area contributed by atoms with E-state index in [1.807, 2.05) is 45.0 Å². The number of nitrogens with one attached hydrogen (secondary N) is 2. The normalized spacial score (nSPS) is 13.3. The van der Waals surface area contributed by atoms with Gasteiger partial charge >= 0.3 is 0 Å². The number of likely N-dealkylation sites (N-methyl/N-ethyl adjacent to an activating group) is 1. The van der Waals surface area contributed by atoms with Gasteiger partial charge in [-0.25, -0.2) is 0 Å². The number of benzene rings is 1. The molecule has 2 aromatic heterocycles. The van der Waals surface area contributed by atoms with E-state index >= 15 is 0 Å². The maximum absolute atomic E-state index is 13.1. The van der Waals surface area contributed by atoms with Crippen molar-refractivity contribution in [1.82, 2.24) is 20.2 Å². The highest BCUT2D eigenvalue weighted by atomic mass is 16.2. The Morgan fingerprint density at radius 3 is 2.61 bits per heavy atom. The minimum absolute atomic E-state index is 0.0803. The van der Waals surface area contributed by atoms with Crippen LogP contribution in [0.3, 0.4) is 0 Å². The first-order valence-corrected chi connectivity index (χ1v) is 10.9. The van der Waals surface area contributed by atoms with E-state index in [1.165, 1.54) is 10.9 Å². The lowest BCUT2D eigenvalue weighted by atomic mass is 9.92. The van der Waals surface area contributed by atoms with Crippen LogP contribution in [0.4, 0.5) is 0 Å². The van der Waals surface area contributed by atoms with E-state index in [0.717, 1.165) is 28.0 Å². The van der Waals surface area contributed by atoms with Gasteiger partial charge in [0, 0.05) is 48.0 Å². The Hall–Kier alpha value is -3.08. The summed E-state index contributed by atoms with van der Waals surface area (Å²) in [5.74, 6) is 0.234. The van der Waals surface area contributed by atoms with Crippen molar-refractivity contribution in [2.24, 2.45) is 0 Å². The van der Waals surface area contributed by atoms with Crippen LogP contribution in [-0.2, 0) is 4.79 Å². The number of carbonyl (C=O) groups is 1. The number of aromatic nitrogens is 2. The molecule has 0 spiro atoms. The van der Waals surface area contributed by atoms with Gasteiger partial charge in [-0.2, -0.15) is 0 Å². The molecule has 2 heterocycles. The fraction of sp³-hybridized carbons (Fsp3) is 0.385. The second kappa shape index (κ2) is 9.38. The highest BCUT2D eigenvalue weighted by Crippen LogP contribution is 2.37. The number of pyridine rings is 1. The zero-order valence-corrected chi connectivity index (χ0v) is 19.5. The van der Waals surface area contributed by atoms with Crippen molar-refractivity contribution in [3.05, 3.63) is 66.1 Å². The molecule has 0 aliphatic rings. The van der Waals surface area contributed by atoms with Gasteiger partial charge in [0.25, 0.3) is 0 Å². The Labute approximate surface area is 185 Å². The molecule has 0 aliphatic carbocycles. The summed E-state index contributed by atoms with van der Waals surface area (Å²) >= 11 is 0. The molecule has 1 amide bonds. The zero-order chi connectivity index (χ0) is 22.7. The molecule has 3 aromatic rings.